The summed E-state index contributed by atoms with van der Waals surface area (Å²) in [6.45, 7) is 0. The Kier molecular flexibility index (Phi) is 2.54. The third-order valence-corrected chi connectivity index (χ3v) is 1.67. The lowest BCUT2D eigenvalue weighted by molar-refractivity contribution is 0.483. The van der Waals surface area contributed by atoms with Crippen LogP contribution in [0.15, 0.2) is 54.6 Å². The third-order valence-electron chi connectivity index (χ3n) is 1.67. The van der Waals surface area contributed by atoms with Crippen molar-refractivity contribution in [3.8, 4) is 11.5 Å². The van der Waals surface area contributed by atoms with Gasteiger partial charge in [0.05, 0.1) is 0 Å². The highest BCUT2D eigenvalue weighted by atomic mass is 16.5. The Hall–Kier alpha value is -1.70. The van der Waals surface area contributed by atoms with Crippen molar-refractivity contribution in [3.05, 3.63) is 54.6 Å². The molecule has 0 fully saturated rings. The molecule has 0 saturated carbocycles. The minimum atomic E-state index is 0.310. The number of para-hydroxylation sites is 1. The Morgan fingerprint density at radius 1 is 0.714 bits per heavy atom. The molecule has 0 spiro atoms. The summed E-state index contributed by atoms with van der Waals surface area (Å²) in [6, 6.07) is 18.2. The van der Waals surface area contributed by atoms with Gasteiger partial charge in [-0.3, -0.25) is 0 Å². The van der Waals surface area contributed by atoms with Gasteiger partial charge < -0.3 is 4.74 Å². The fraction of sp³-hybridized carbons (Fsp3) is 0. The molecule has 70 valence electrons. The molecule has 0 amide bonds. The number of hydrogen-bond acceptors (Lipinski definition) is 1. The van der Waals surface area contributed by atoms with Crippen LogP contribution in [0.5, 0.6) is 11.5 Å². The van der Waals surface area contributed by atoms with Crippen LogP contribution in [0.1, 0.15) is 0 Å². The van der Waals surface area contributed by atoms with Gasteiger partial charge in [-0.2, -0.15) is 0 Å². The maximum atomic E-state index is 5.66. The molecule has 2 heteroatoms. The average Bonchev–Trinajstić information content (AvgIpc) is 2.23. The van der Waals surface area contributed by atoms with Gasteiger partial charge in [0.25, 0.3) is 0 Å². The van der Waals surface area contributed by atoms with Crippen LogP contribution in [0.3, 0.4) is 0 Å². The molecule has 14 heavy (non-hydrogen) atoms. The highest BCUT2D eigenvalue weighted by Crippen LogP contribution is 2.18. The topological polar surface area (TPSA) is 9.23 Å². The first kappa shape index (κ1) is 8.88. The molecule has 0 aliphatic carbocycles. The maximum absolute atomic E-state index is 5.66. The van der Waals surface area contributed by atoms with Gasteiger partial charge in [-0.1, -0.05) is 30.3 Å². The van der Waals surface area contributed by atoms with Gasteiger partial charge in [-0.05, 0) is 32.1 Å². The number of hydrogen-bond donors (Lipinski definition) is 0. The molecule has 2 aromatic rings. The molecule has 2 rings (SSSR count). The molecule has 0 heterocycles. The number of benzene rings is 2. The van der Waals surface area contributed by atoms with E-state index in [0.717, 1.165) is 11.5 Å². The molecule has 0 N–H and O–H groups in total. The van der Waals surface area contributed by atoms with Crippen molar-refractivity contribution in [2.24, 2.45) is 0 Å². The molecule has 0 radical (unpaired) electrons. The minimum Gasteiger partial charge on any atom is -0.457 e. The van der Waals surface area contributed by atoms with Crippen LogP contribution < -0.4 is 10.2 Å². The molecular weight excluding hydrogens is 171 g/mol. The largest absolute Gasteiger partial charge is 0.457 e. The van der Waals surface area contributed by atoms with Gasteiger partial charge >= 0.3 is 0 Å². The zero-order chi connectivity index (χ0) is 9.80. The lowest BCUT2D eigenvalue weighted by atomic mass is 9.97. The quantitative estimate of drug-likeness (QED) is 0.640. The number of rotatable bonds is 2. The van der Waals surface area contributed by atoms with Gasteiger partial charge in [0.15, 0.2) is 0 Å². The van der Waals surface area contributed by atoms with E-state index < -0.39 is 0 Å². The molecule has 0 aliphatic rings. The first-order chi connectivity index (χ1) is 6.84. The first-order valence-corrected chi connectivity index (χ1v) is 4.14. The Balaban J connectivity index is 2.16. The summed E-state index contributed by atoms with van der Waals surface area (Å²) in [6.07, 6.45) is 0. The van der Waals surface area contributed by atoms with E-state index >= 15 is 0 Å². The second kappa shape index (κ2) is 4.01. The van der Waals surface area contributed by atoms with Crippen molar-refractivity contribution in [2.75, 3.05) is 0 Å². The third kappa shape index (κ3) is 2.16. The van der Waals surface area contributed by atoms with Crippen LogP contribution in [-0.2, 0) is 0 Å². The normalized spacial score (nSPS) is 9.79. The van der Waals surface area contributed by atoms with Crippen LogP contribution in [0, 0.1) is 0 Å². The zero-order valence-corrected chi connectivity index (χ0v) is 7.10. The summed E-state index contributed by atoms with van der Waals surface area (Å²) >= 11 is 0. The van der Waals surface area contributed by atoms with E-state index in [-0.39, 0.29) is 0 Å². The molecule has 0 aromatic heterocycles. The van der Waals surface area contributed by atoms with E-state index in [1.165, 1.54) is 5.46 Å². The van der Waals surface area contributed by atoms with E-state index in [0.29, 0.717) is 7.85 Å². The second-order valence-electron chi connectivity index (χ2n) is 2.65. The molecule has 0 bridgehead atoms. The summed E-state index contributed by atoms with van der Waals surface area (Å²) in [4.78, 5) is 0. The van der Waals surface area contributed by atoms with Crippen LogP contribution in [0.4, 0.5) is 0 Å². The molecule has 0 atom stereocenters. The van der Waals surface area contributed by atoms with Crippen molar-refractivity contribution >= 4 is 13.3 Å². The number of ether oxygens (including phenoxy) is 1. The summed E-state index contributed by atoms with van der Waals surface area (Å²) in [5.41, 5.74) is 1.49. The lowest BCUT2D eigenvalue weighted by Gasteiger charge is -2.06. The Morgan fingerprint density at radius 3 is 1.93 bits per heavy atom. The molecular formula is C12H12BO-. The van der Waals surface area contributed by atoms with E-state index in [4.69, 9.17) is 4.74 Å². The molecule has 0 aliphatic heterocycles. The summed E-state index contributed by atoms with van der Waals surface area (Å²) in [5.74, 6) is 1.81. The zero-order valence-electron chi connectivity index (χ0n) is 7.10. The first-order valence-electron chi connectivity index (χ1n) is 4.14. The SMILES string of the molecule is [BH3-]c1ccc(Oc2ccccc2)cc1. The highest BCUT2D eigenvalue weighted by Gasteiger charge is 1.93. The van der Waals surface area contributed by atoms with Gasteiger partial charge in [0, 0.05) is 0 Å². The van der Waals surface area contributed by atoms with Crippen LogP contribution in [0.2, 0.25) is 0 Å². The predicted octanol–water partition coefficient (Wildman–Crippen LogP) is 1.47. The van der Waals surface area contributed by atoms with Gasteiger partial charge in [-0.25, -0.2) is 5.46 Å². The van der Waals surface area contributed by atoms with E-state index in [9.17, 15) is 0 Å². The predicted molar refractivity (Wildman–Crippen MR) is 62.5 cm³/mol. The van der Waals surface area contributed by atoms with Crippen LogP contribution >= 0.6 is 0 Å². The minimum absolute atomic E-state index is 0.310. The van der Waals surface area contributed by atoms with Crippen molar-refractivity contribution in [2.45, 2.75) is 0 Å². The van der Waals surface area contributed by atoms with E-state index in [2.05, 4.69) is 12.1 Å². The van der Waals surface area contributed by atoms with Gasteiger partial charge in [0.1, 0.15) is 11.5 Å². The second-order valence-corrected chi connectivity index (χ2v) is 2.65. The summed E-state index contributed by atoms with van der Waals surface area (Å²) < 4.78 is 5.66. The highest BCUT2D eigenvalue weighted by molar-refractivity contribution is 6.32. The van der Waals surface area contributed by atoms with Crippen molar-refractivity contribution < 1.29 is 4.74 Å². The van der Waals surface area contributed by atoms with Gasteiger partial charge in [-0.15, -0.1) is 0 Å². The average molecular weight is 183 g/mol. The van der Waals surface area contributed by atoms with Crippen molar-refractivity contribution in [3.63, 3.8) is 0 Å². The fourth-order valence-electron chi connectivity index (χ4n) is 1.06. The smallest absolute Gasteiger partial charge is 0.127 e. The standard InChI is InChI=1S/C12H12BO/c13-10-6-8-12(9-7-10)14-11-4-2-1-3-5-11/h1-9H,13H3/q-1. The Labute approximate surface area is 84.8 Å². The van der Waals surface area contributed by atoms with Crippen LogP contribution in [0.25, 0.3) is 0 Å². The molecule has 1 nitrogen and oxygen atoms in total. The van der Waals surface area contributed by atoms with E-state index in [1.54, 1.807) is 0 Å². The van der Waals surface area contributed by atoms with E-state index in [1.807, 2.05) is 42.5 Å². The summed E-state index contributed by atoms with van der Waals surface area (Å²) in [5, 5.41) is 0. The monoisotopic (exact) mass is 183 g/mol. The van der Waals surface area contributed by atoms with Crippen LogP contribution in [-0.4, -0.2) is 7.85 Å². The molecule has 2 aromatic carbocycles. The molecule has 0 saturated heterocycles. The molecule has 0 unspecified atom stereocenters. The Bertz CT molecular complexity index is 394. The maximum Gasteiger partial charge on any atom is 0.127 e. The summed E-state index contributed by atoms with van der Waals surface area (Å²) in [7, 11) is 0.310. The van der Waals surface area contributed by atoms with Gasteiger partial charge in [0.2, 0.25) is 0 Å². The fourth-order valence-corrected chi connectivity index (χ4v) is 1.06. The van der Waals surface area contributed by atoms with Crippen molar-refractivity contribution in [1.82, 2.24) is 0 Å². The van der Waals surface area contributed by atoms with Crippen molar-refractivity contribution in [1.29, 1.82) is 0 Å². The lowest BCUT2D eigenvalue weighted by Crippen LogP contribution is -1.99. The Morgan fingerprint density at radius 2 is 1.29 bits per heavy atom.